The molecular formula is C19H13ClF2N6O3. The zero-order chi connectivity index (χ0) is 22.1. The van der Waals surface area contributed by atoms with Gasteiger partial charge in [-0.25, -0.2) is 23.2 Å². The molecule has 1 aromatic carbocycles. The number of aromatic nitrogens is 5. The molecular weight excluding hydrogens is 434 g/mol. The van der Waals surface area contributed by atoms with E-state index in [0.29, 0.717) is 5.69 Å². The van der Waals surface area contributed by atoms with Crippen molar-refractivity contribution < 1.29 is 18.0 Å². The zero-order valence-electron chi connectivity index (χ0n) is 15.8. The predicted octanol–water partition coefficient (Wildman–Crippen LogP) is 3.14. The smallest absolute Gasteiger partial charge is 0.386 e. The third-order valence-corrected chi connectivity index (χ3v) is 4.57. The molecule has 31 heavy (non-hydrogen) atoms. The minimum atomic E-state index is -0.853. The molecule has 4 aromatic rings. The van der Waals surface area contributed by atoms with E-state index < -0.39 is 24.2 Å². The van der Waals surface area contributed by atoms with Gasteiger partial charge < -0.3 is 9.73 Å². The van der Waals surface area contributed by atoms with Gasteiger partial charge >= 0.3 is 5.76 Å². The number of nitrogens with one attached hydrogen (secondary N) is 1. The second-order valence-electron chi connectivity index (χ2n) is 6.32. The molecule has 0 saturated heterocycles. The van der Waals surface area contributed by atoms with E-state index in [1.807, 2.05) is 0 Å². The first-order valence-corrected chi connectivity index (χ1v) is 9.16. The third kappa shape index (κ3) is 3.94. The van der Waals surface area contributed by atoms with Crippen LogP contribution in [0.5, 0.6) is 0 Å². The van der Waals surface area contributed by atoms with Crippen molar-refractivity contribution in [3.05, 3.63) is 75.2 Å². The van der Waals surface area contributed by atoms with E-state index in [-0.39, 0.29) is 33.7 Å². The maximum atomic E-state index is 13.9. The molecule has 1 N–H and O–H groups in total. The Hall–Kier alpha value is -3.86. The average Bonchev–Trinajstić information content (AvgIpc) is 3.32. The molecule has 3 heterocycles. The number of rotatable bonds is 5. The average molecular weight is 447 g/mol. The van der Waals surface area contributed by atoms with Gasteiger partial charge in [-0.15, -0.1) is 5.10 Å². The number of anilines is 1. The number of carbonyl (C=O) groups excluding carboxylic acids is 1. The van der Waals surface area contributed by atoms with E-state index in [1.54, 1.807) is 0 Å². The molecule has 0 aliphatic carbocycles. The molecule has 0 saturated carbocycles. The summed E-state index contributed by atoms with van der Waals surface area (Å²) in [5.74, 6) is -2.14. The lowest BCUT2D eigenvalue weighted by Gasteiger charge is -2.08. The van der Waals surface area contributed by atoms with Crippen molar-refractivity contribution in [3.63, 3.8) is 0 Å². The standard InChI is InChI=1S/C19H13ClF2N6O3/c1-27-19(30)31-18(26-27)14-7-11(8-21)28(25-14)10-5-6-15(23-9-10)24-17(29)16-12(20)3-2-4-13(16)22/h2-7,9H,8H2,1H3,(H,23,24,29). The van der Waals surface area contributed by atoms with Gasteiger partial charge in [-0.1, -0.05) is 17.7 Å². The van der Waals surface area contributed by atoms with Crippen LogP contribution in [0.1, 0.15) is 16.1 Å². The Labute approximate surface area is 177 Å². The van der Waals surface area contributed by atoms with Gasteiger partial charge in [0.2, 0.25) is 0 Å². The summed E-state index contributed by atoms with van der Waals surface area (Å²) in [6.45, 7) is -0.853. The van der Waals surface area contributed by atoms with Gasteiger partial charge in [-0.05, 0) is 30.3 Å². The van der Waals surface area contributed by atoms with E-state index >= 15 is 0 Å². The molecule has 0 atom stereocenters. The highest BCUT2D eigenvalue weighted by molar-refractivity contribution is 6.34. The highest BCUT2D eigenvalue weighted by atomic mass is 35.5. The fourth-order valence-electron chi connectivity index (χ4n) is 2.77. The van der Waals surface area contributed by atoms with Gasteiger partial charge in [-0.3, -0.25) is 4.79 Å². The Balaban J connectivity index is 1.59. The summed E-state index contributed by atoms with van der Waals surface area (Å²) in [5.41, 5.74) is 0.402. The number of amides is 1. The van der Waals surface area contributed by atoms with Crippen LogP contribution in [0.3, 0.4) is 0 Å². The van der Waals surface area contributed by atoms with E-state index in [0.717, 1.165) is 10.7 Å². The molecule has 0 unspecified atom stereocenters. The Morgan fingerprint density at radius 3 is 2.68 bits per heavy atom. The summed E-state index contributed by atoms with van der Waals surface area (Å²) in [5, 5.41) is 10.5. The van der Waals surface area contributed by atoms with Crippen LogP contribution in [0.4, 0.5) is 14.6 Å². The van der Waals surface area contributed by atoms with Crippen LogP contribution >= 0.6 is 11.6 Å². The quantitative estimate of drug-likeness (QED) is 0.504. The molecule has 0 spiro atoms. The number of aryl methyl sites for hydroxylation is 1. The van der Waals surface area contributed by atoms with Crippen molar-refractivity contribution in [2.45, 2.75) is 6.67 Å². The number of pyridine rings is 1. The van der Waals surface area contributed by atoms with E-state index in [2.05, 4.69) is 20.5 Å². The predicted molar refractivity (Wildman–Crippen MR) is 106 cm³/mol. The van der Waals surface area contributed by atoms with E-state index in [4.69, 9.17) is 16.0 Å². The number of alkyl halides is 1. The Kier molecular flexibility index (Phi) is 5.34. The number of hydrogen-bond donors (Lipinski definition) is 1. The fourth-order valence-corrected chi connectivity index (χ4v) is 3.02. The summed E-state index contributed by atoms with van der Waals surface area (Å²) in [7, 11) is 1.41. The van der Waals surface area contributed by atoms with Gasteiger partial charge in [-0.2, -0.15) is 9.78 Å². The van der Waals surface area contributed by atoms with E-state index in [1.165, 1.54) is 48.3 Å². The van der Waals surface area contributed by atoms with Crippen molar-refractivity contribution in [1.29, 1.82) is 0 Å². The van der Waals surface area contributed by atoms with Crippen LogP contribution in [0, 0.1) is 5.82 Å². The Morgan fingerprint density at radius 1 is 1.26 bits per heavy atom. The van der Waals surface area contributed by atoms with Crippen LogP contribution < -0.4 is 11.1 Å². The van der Waals surface area contributed by atoms with Gasteiger partial charge in [0.05, 0.1) is 28.2 Å². The van der Waals surface area contributed by atoms with Gasteiger partial charge in [0.25, 0.3) is 11.8 Å². The number of nitrogens with zero attached hydrogens (tertiary/aromatic N) is 5. The normalized spacial score (nSPS) is 11.0. The maximum Gasteiger partial charge on any atom is 0.437 e. The van der Waals surface area contributed by atoms with Crippen LogP contribution in [-0.2, 0) is 13.7 Å². The summed E-state index contributed by atoms with van der Waals surface area (Å²) >= 11 is 5.89. The Bertz CT molecular complexity index is 1310. The first kappa shape index (κ1) is 20.4. The lowest BCUT2D eigenvalue weighted by atomic mass is 10.2. The van der Waals surface area contributed by atoms with Gasteiger partial charge in [0.15, 0.2) is 5.69 Å². The molecule has 0 aliphatic rings. The van der Waals surface area contributed by atoms with Gasteiger partial charge in [0, 0.05) is 7.05 Å². The first-order chi connectivity index (χ1) is 14.9. The largest absolute Gasteiger partial charge is 0.437 e. The number of hydrogen-bond acceptors (Lipinski definition) is 6. The maximum absolute atomic E-state index is 13.9. The minimum Gasteiger partial charge on any atom is -0.386 e. The molecule has 1 amide bonds. The van der Waals surface area contributed by atoms with Crippen LogP contribution in [0.25, 0.3) is 17.3 Å². The van der Waals surface area contributed by atoms with Crippen LogP contribution in [0.2, 0.25) is 5.02 Å². The molecule has 4 rings (SSSR count). The lowest BCUT2D eigenvalue weighted by Crippen LogP contribution is -2.15. The molecule has 3 aromatic heterocycles. The molecule has 12 heteroatoms. The third-order valence-electron chi connectivity index (χ3n) is 4.25. The molecule has 0 radical (unpaired) electrons. The second kappa shape index (κ2) is 8.11. The van der Waals surface area contributed by atoms with Crippen molar-refractivity contribution in [2.75, 3.05) is 5.32 Å². The lowest BCUT2D eigenvalue weighted by molar-refractivity contribution is 0.102. The second-order valence-corrected chi connectivity index (χ2v) is 6.72. The molecule has 0 aliphatic heterocycles. The Morgan fingerprint density at radius 2 is 2.06 bits per heavy atom. The monoisotopic (exact) mass is 446 g/mol. The van der Waals surface area contributed by atoms with Crippen LogP contribution in [0.15, 0.2) is 51.8 Å². The van der Waals surface area contributed by atoms with Crippen molar-refractivity contribution in [3.8, 4) is 17.3 Å². The van der Waals surface area contributed by atoms with Crippen molar-refractivity contribution in [2.24, 2.45) is 7.05 Å². The highest BCUT2D eigenvalue weighted by Crippen LogP contribution is 2.22. The molecule has 0 bridgehead atoms. The zero-order valence-corrected chi connectivity index (χ0v) is 16.6. The SMILES string of the molecule is Cn1nc(-c2cc(CF)n(-c3ccc(NC(=O)c4c(F)cccc4Cl)nc3)n2)oc1=O. The van der Waals surface area contributed by atoms with Crippen LogP contribution in [-0.4, -0.2) is 30.5 Å². The minimum absolute atomic E-state index is 0.0352. The molecule has 158 valence electrons. The highest BCUT2D eigenvalue weighted by Gasteiger charge is 2.18. The summed E-state index contributed by atoms with van der Waals surface area (Å²) in [6, 6.07) is 8.25. The van der Waals surface area contributed by atoms with E-state index in [9.17, 15) is 18.4 Å². The van der Waals surface area contributed by atoms with Crippen molar-refractivity contribution in [1.82, 2.24) is 24.5 Å². The molecule has 0 fully saturated rings. The van der Waals surface area contributed by atoms with Gasteiger partial charge in [0.1, 0.15) is 18.3 Å². The molecule has 9 nitrogen and oxygen atoms in total. The van der Waals surface area contributed by atoms with Crippen molar-refractivity contribution >= 4 is 23.3 Å². The fraction of sp³-hybridized carbons (Fsp3) is 0.105. The number of benzene rings is 1. The number of carbonyl (C=O) groups is 1. The first-order valence-electron chi connectivity index (χ1n) is 8.78. The topological polar surface area (TPSA) is 108 Å². The summed E-state index contributed by atoms with van der Waals surface area (Å²) in [4.78, 5) is 27.9. The summed E-state index contributed by atoms with van der Waals surface area (Å²) < 4.78 is 34.6. The number of halogens is 3. The summed E-state index contributed by atoms with van der Waals surface area (Å²) in [6.07, 6.45) is 1.34.